The summed E-state index contributed by atoms with van der Waals surface area (Å²) in [4.78, 5) is 15.5. The van der Waals surface area contributed by atoms with Crippen molar-refractivity contribution in [3.05, 3.63) is 12.7 Å². The molecule has 1 saturated heterocycles. The molecule has 0 aromatic rings. The Morgan fingerprint density at radius 1 is 1.38 bits per heavy atom. The van der Waals surface area contributed by atoms with Crippen molar-refractivity contribution in [3.8, 4) is 0 Å². The molecule has 0 radical (unpaired) electrons. The third-order valence-electron chi connectivity index (χ3n) is 2.40. The Labute approximate surface area is 80.0 Å². The van der Waals surface area contributed by atoms with E-state index in [2.05, 4.69) is 18.4 Å². The standard InChI is InChI=1S/C10H18N2O/c1-3-5-11-6-8-12(9-7-11)10(13)4-2/h4H,2-3,5-9H2,1H3. The second-order valence-electron chi connectivity index (χ2n) is 3.37. The fourth-order valence-electron chi connectivity index (χ4n) is 1.64. The van der Waals surface area contributed by atoms with Gasteiger partial charge < -0.3 is 4.90 Å². The average Bonchev–Trinajstić information content (AvgIpc) is 2.18. The van der Waals surface area contributed by atoms with Crippen LogP contribution in [0.5, 0.6) is 0 Å². The Hall–Kier alpha value is -0.830. The maximum absolute atomic E-state index is 11.2. The van der Waals surface area contributed by atoms with Crippen LogP contribution in [0.3, 0.4) is 0 Å². The molecule has 1 aliphatic heterocycles. The molecule has 0 spiro atoms. The minimum Gasteiger partial charge on any atom is -0.337 e. The van der Waals surface area contributed by atoms with Crippen molar-refractivity contribution in [3.63, 3.8) is 0 Å². The van der Waals surface area contributed by atoms with Crippen molar-refractivity contribution in [1.82, 2.24) is 9.80 Å². The molecule has 1 heterocycles. The largest absolute Gasteiger partial charge is 0.337 e. The molecule has 13 heavy (non-hydrogen) atoms. The lowest BCUT2D eigenvalue weighted by atomic mass is 10.3. The van der Waals surface area contributed by atoms with Crippen LogP contribution in [0.1, 0.15) is 13.3 Å². The van der Waals surface area contributed by atoms with E-state index in [4.69, 9.17) is 0 Å². The van der Waals surface area contributed by atoms with E-state index in [1.165, 1.54) is 12.5 Å². The second-order valence-corrected chi connectivity index (χ2v) is 3.37. The van der Waals surface area contributed by atoms with Gasteiger partial charge in [-0.05, 0) is 19.0 Å². The van der Waals surface area contributed by atoms with Crippen molar-refractivity contribution in [2.45, 2.75) is 13.3 Å². The van der Waals surface area contributed by atoms with Crippen molar-refractivity contribution in [2.24, 2.45) is 0 Å². The highest BCUT2D eigenvalue weighted by atomic mass is 16.2. The molecule has 1 fully saturated rings. The van der Waals surface area contributed by atoms with Gasteiger partial charge in [-0.1, -0.05) is 13.5 Å². The van der Waals surface area contributed by atoms with Gasteiger partial charge in [0, 0.05) is 26.2 Å². The van der Waals surface area contributed by atoms with E-state index in [-0.39, 0.29) is 5.91 Å². The zero-order valence-corrected chi connectivity index (χ0v) is 8.33. The number of hydrogen-bond donors (Lipinski definition) is 0. The molecule has 1 aliphatic rings. The van der Waals surface area contributed by atoms with E-state index in [0.29, 0.717) is 0 Å². The van der Waals surface area contributed by atoms with Crippen LogP contribution in [-0.4, -0.2) is 48.4 Å². The van der Waals surface area contributed by atoms with E-state index in [1.807, 2.05) is 4.90 Å². The Morgan fingerprint density at radius 2 is 2.00 bits per heavy atom. The molecular weight excluding hydrogens is 164 g/mol. The summed E-state index contributed by atoms with van der Waals surface area (Å²) < 4.78 is 0. The minimum absolute atomic E-state index is 0.0659. The summed E-state index contributed by atoms with van der Waals surface area (Å²) in [7, 11) is 0. The molecule has 1 rings (SSSR count). The Morgan fingerprint density at radius 3 is 2.46 bits per heavy atom. The van der Waals surface area contributed by atoms with Gasteiger partial charge in [-0.25, -0.2) is 0 Å². The first-order valence-electron chi connectivity index (χ1n) is 4.91. The highest BCUT2D eigenvalue weighted by Crippen LogP contribution is 2.02. The van der Waals surface area contributed by atoms with Crippen molar-refractivity contribution < 1.29 is 4.79 Å². The molecule has 0 aliphatic carbocycles. The van der Waals surface area contributed by atoms with Crippen LogP contribution < -0.4 is 0 Å². The number of carbonyl (C=O) groups excluding carboxylic acids is 1. The van der Waals surface area contributed by atoms with Crippen molar-refractivity contribution in [2.75, 3.05) is 32.7 Å². The Bertz CT molecular complexity index is 183. The monoisotopic (exact) mass is 182 g/mol. The lowest BCUT2D eigenvalue weighted by molar-refractivity contribution is -0.127. The number of rotatable bonds is 3. The summed E-state index contributed by atoms with van der Waals surface area (Å²) in [5.74, 6) is 0.0659. The number of amides is 1. The third kappa shape index (κ3) is 2.84. The first-order chi connectivity index (χ1) is 6.27. The number of piperazine rings is 1. The van der Waals surface area contributed by atoms with Gasteiger partial charge >= 0.3 is 0 Å². The predicted molar refractivity (Wildman–Crippen MR) is 53.5 cm³/mol. The quantitative estimate of drug-likeness (QED) is 0.601. The summed E-state index contributed by atoms with van der Waals surface area (Å²) in [5.41, 5.74) is 0. The SMILES string of the molecule is C=CC(=O)N1CCN(CCC)CC1. The van der Waals surface area contributed by atoms with Gasteiger partial charge in [-0.15, -0.1) is 0 Å². The highest BCUT2D eigenvalue weighted by Gasteiger charge is 2.17. The molecule has 0 bridgehead atoms. The van der Waals surface area contributed by atoms with Crippen LogP contribution >= 0.6 is 0 Å². The molecule has 3 heteroatoms. The van der Waals surface area contributed by atoms with E-state index >= 15 is 0 Å². The van der Waals surface area contributed by atoms with Crippen LogP contribution in [0.2, 0.25) is 0 Å². The molecule has 0 aromatic carbocycles. The molecule has 1 amide bonds. The molecule has 0 atom stereocenters. The normalized spacial score (nSPS) is 18.7. The zero-order valence-electron chi connectivity index (χ0n) is 8.33. The first-order valence-corrected chi connectivity index (χ1v) is 4.91. The van der Waals surface area contributed by atoms with Gasteiger partial charge in [0.15, 0.2) is 0 Å². The second kappa shape index (κ2) is 5.02. The smallest absolute Gasteiger partial charge is 0.246 e. The lowest BCUT2D eigenvalue weighted by Crippen LogP contribution is -2.48. The maximum Gasteiger partial charge on any atom is 0.246 e. The first kappa shape index (κ1) is 10.3. The summed E-state index contributed by atoms with van der Waals surface area (Å²) in [6.07, 6.45) is 2.59. The molecule has 74 valence electrons. The van der Waals surface area contributed by atoms with E-state index < -0.39 is 0 Å². The minimum atomic E-state index is 0.0659. The van der Waals surface area contributed by atoms with E-state index in [1.54, 1.807) is 0 Å². The summed E-state index contributed by atoms with van der Waals surface area (Å²) in [6.45, 7) is 10.5. The molecule has 0 saturated carbocycles. The van der Waals surface area contributed by atoms with Gasteiger partial charge in [0.25, 0.3) is 0 Å². The van der Waals surface area contributed by atoms with Gasteiger partial charge in [0.1, 0.15) is 0 Å². The van der Waals surface area contributed by atoms with Crippen molar-refractivity contribution in [1.29, 1.82) is 0 Å². The molecule has 0 aromatic heterocycles. The third-order valence-corrected chi connectivity index (χ3v) is 2.40. The number of hydrogen-bond acceptors (Lipinski definition) is 2. The fourth-order valence-corrected chi connectivity index (χ4v) is 1.64. The summed E-state index contributed by atoms with van der Waals surface area (Å²) >= 11 is 0. The molecule has 0 unspecified atom stereocenters. The van der Waals surface area contributed by atoms with Crippen LogP contribution in [-0.2, 0) is 4.79 Å². The fraction of sp³-hybridized carbons (Fsp3) is 0.700. The van der Waals surface area contributed by atoms with Crippen LogP contribution in [0.25, 0.3) is 0 Å². The molecule has 0 N–H and O–H groups in total. The zero-order chi connectivity index (χ0) is 9.68. The number of carbonyl (C=O) groups is 1. The van der Waals surface area contributed by atoms with Crippen LogP contribution in [0, 0.1) is 0 Å². The summed E-state index contributed by atoms with van der Waals surface area (Å²) in [6, 6.07) is 0. The molecule has 3 nitrogen and oxygen atoms in total. The Balaban J connectivity index is 2.30. The summed E-state index contributed by atoms with van der Waals surface area (Å²) in [5, 5.41) is 0. The van der Waals surface area contributed by atoms with Crippen LogP contribution in [0.4, 0.5) is 0 Å². The van der Waals surface area contributed by atoms with Gasteiger partial charge in [0.05, 0.1) is 0 Å². The number of nitrogens with zero attached hydrogens (tertiary/aromatic N) is 2. The van der Waals surface area contributed by atoms with Crippen LogP contribution in [0.15, 0.2) is 12.7 Å². The Kier molecular flexibility index (Phi) is 3.96. The average molecular weight is 182 g/mol. The maximum atomic E-state index is 11.2. The van der Waals surface area contributed by atoms with E-state index in [0.717, 1.165) is 32.7 Å². The van der Waals surface area contributed by atoms with Gasteiger partial charge in [-0.2, -0.15) is 0 Å². The predicted octanol–water partition coefficient (Wildman–Crippen LogP) is 0.727. The van der Waals surface area contributed by atoms with Crippen molar-refractivity contribution >= 4 is 5.91 Å². The van der Waals surface area contributed by atoms with Gasteiger partial charge in [-0.3, -0.25) is 9.69 Å². The van der Waals surface area contributed by atoms with Gasteiger partial charge in [0.2, 0.25) is 5.91 Å². The molecular formula is C10H18N2O. The van der Waals surface area contributed by atoms with E-state index in [9.17, 15) is 4.79 Å². The topological polar surface area (TPSA) is 23.6 Å². The lowest BCUT2D eigenvalue weighted by Gasteiger charge is -2.33. The highest BCUT2D eigenvalue weighted by molar-refractivity contribution is 5.87.